The van der Waals surface area contributed by atoms with E-state index in [1.165, 1.54) is 42.0 Å². The molecule has 0 saturated carbocycles. The SMILES string of the molecule is c1ccc(-c2cc(-c3cccc4sc5cc(-c6ccc7c(c6)oc6ccc(-c8ccc9c%10ccccc%10n(-c%10ccccc%10)c9c8)cc67)ccc5c34)nc(-c3ccc4c(c3)oc3ccccc34)n2)cc1. The van der Waals surface area contributed by atoms with E-state index in [-0.39, 0.29) is 0 Å². The maximum Gasteiger partial charge on any atom is 0.160 e. The number of fused-ring (bicyclic) bond motifs is 12. The molecule has 6 heteroatoms. The molecule has 0 amide bonds. The van der Waals surface area contributed by atoms with Gasteiger partial charge in [0.15, 0.2) is 5.82 Å². The highest BCUT2D eigenvalue weighted by Crippen LogP contribution is 2.44. The molecule has 0 N–H and O–H groups in total. The van der Waals surface area contributed by atoms with Gasteiger partial charge in [0.1, 0.15) is 22.3 Å². The summed E-state index contributed by atoms with van der Waals surface area (Å²) in [4.78, 5) is 10.5. The minimum Gasteiger partial charge on any atom is -0.456 e. The van der Waals surface area contributed by atoms with Crippen molar-refractivity contribution in [2.24, 2.45) is 0 Å². The van der Waals surface area contributed by atoms with Crippen molar-refractivity contribution in [2.75, 3.05) is 0 Å². The predicted octanol–water partition coefficient (Wildman–Crippen LogP) is 18.1. The average molecular weight is 912 g/mol. The number of aromatic nitrogens is 3. The van der Waals surface area contributed by atoms with Crippen molar-refractivity contribution < 1.29 is 8.83 Å². The summed E-state index contributed by atoms with van der Waals surface area (Å²) >= 11 is 1.81. The highest BCUT2D eigenvalue weighted by molar-refractivity contribution is 7.26. The first kappa shape index (κ1) is 38.9. The molecule has 0 aliphatic carbocycles. The maximum atomic E-state index is 6.59. The largest absolute Gasteiger partial charge is 0.456 e. The summed E-state index contributed by atoms with van der Waals surface area (Å²) in [6.07, 6.45) is 0. The van der Waals surface area contributed by atoms with Crippen molar-refractivity contribution in [1.82, 2.24) is 14.5 Å². The summed E-state index contributed by atoms with van der Waals surface area (Å²) in [5, 5.41) is 9.26. The first-order valence-electron chi connectivity index (χ1n) is 23.5. The highest BCUT2D eigenvalue weighted by Gasteiger charge is 2.19. The molecule has 0 bridgehead atoms. The molecular weight excluding hydrogens is 875 g/mol. The number of nitrogens with zero attached hydrogens (tertiary/aromatic N) is 3. The second kappa shape index (κ2) is 15.2. The molecule has 0 aliphatic heterocycles. The Labute approximate surface area is 404 Å². The summed E-state index contributed by atoms with van der Waals surface area (Å²) < 4.78 is 17.7. The van der Waals surface area contributed by atoms with Crippen LogP contribution in [0, 0.1) is 0 Å². The van der Waals surface area contributed by atoms with E-state index < -0.39 is 0 Å². The van der Waals surface area contributed by atoms with Crippen LogP contribution in [-0.2, 0) is 0 Å². The summed E-state index contributed by atoms with van der Waals surface area (Å²) in [5.41, 5.74) is 16.3. The van der Waals surface area contributed by atoms with Crippen LogP contribution in [0.2, 0.25) is 0 Å². The van der Waals surface area contributed by atoms with Crippen molar-refractivity contribution in [3.8, 4) is 61.8 Å². The number of furan rings is 2. The van der Waals surface area contributed by atoms with E-state index in [2.05, 4.69) is 205 Å². The molecule has 10 aromatic carbocycles. The topological polar surface area (TPSA) is 57.0 Å². The Kier molecular flexibility index (Phi) is 8.46. The Morgan fingerprint density at radius 2 is 0.914 bits per heavy atom. The first-order chi connectivity index (χ1) is 34.6. The van der Waals surface area contributed by atoms with Crippen LogP contribution in [0.3, 0.4) is 0 Å². The Balaban J connectivity index is 0.802. The fourth-order valence-electron chi connectivity index (χ4n) is 10.7. The lowest BCUT2D eigenvalue weighted by molar-refractivity contribution is 0.668. The van der Waals surface area contributed by atoms with Gasteiger partial charge in [0.2, 0.25) is 0 Å². The molecule has 326 valence electrons. The second-order valence-electron chi connectivity index (χ2n) is 18.1. The number of benzene rings is 10. The summed E-state index contributed by atoms with van der Waals surface area (Å²) in [7, 11) is 0. The quantitative estimate of drug-likeness (QED) is 0.167. The lowest BCUT2D eigenvalue weighted by atomic mass is 9.98. The monoisotopic (exact) mass is 911 g/mol. The van der Waals surface area contributed by atoms with Gasteiger partial charge < -0.3 is 13.4 Å². The Bertz CT molecular complexity index is 4600. The van der Waals surface area contributed by atoms with Gasteiger partial charge in [-0.2, -0.15) is 0 Å². The number of para-hydroxylation sites is 3. The molecule has 0 aliphatic rings. The fraction of sp³-hybridized carbons (Fsp3) is 0. The summed E-state index contributed by atoms with van der Waals surface area (Å²) in [6, 6.07) is 79.7. The van der Waals surface area contributed by atoms with E-state index >= 15 is 0 Å². The van der Waals surface area contributed by atoms with E-state index in [0.29, 0.717) is 5.82 Å². The molecule has 0 saturated heterocycles. The Hall–Kier alpha value is -9.10. The van der Waals surface area contributed by atoms with Crippen LogP contribution in [0.15, 0.2) is 233 Å². The molecular formula is C64H37N3O2S. The second-order valence-corrected chi connectivity index (χ2v) is 19.2. The number of rotatable bonds is 6. The summed E-state index contributed by atoms with van der Waals surface area (Å²) in [6.45, 7) is 0. The van der Waals surface area contributed by atoms with Gasteiger partial charge >= 0.3 is 0 Å². The normalized spacial score (nSPS) is 12.0. The molecule has 0 atom stereocenters. The van der Waals surface area contributed by atoms with Gasteiger partial charge in [0.25, 0.3) is 0 Å². The smallest absolute Gasteiger partial charge is 0.160 e. The molecule has 15 aromatic rings. The zero-order valence-corrected chi connectivity index (χ0v) is 38.2. The number of hydrogen-bond acceptors (Lipinski definition) is 5. The zero-order valence-electron chi connectivity index (χ0n) is 37.4. The minimum atomic E-state index is 0.652. The maximum absolute atomic E-state index is 6.59. The van der Waals surface area contributed by atoms with Crippen LogP contribution in [-0.4, -0.2) is 14.5 Å². The van der Waals surface area contributed by atoms with Gasteiger partial charge in [0, 0.05) is 74.9 Å². The van der Waals surface area contributed by atoms with Gasteiger partial charge in [0.05, 0.1) is 22.4 Å². The minimum absolute atomic E-state index is 0.652. The van der Waals surface area contributed by atoms with Crippen LogP contribution in [0.4, 0.5) is 0 Å². The molecule has 5 nitrogen and oxygen atoms in total. The number of thiophene rings is 1. The van der Waals surface area contributed by atoms with Crippen molar-refractivity contribution in [2.45, 2.75) is 0 Å². The summed E-state index contributed by atoms with van der Waals surface area (Å²) in [5.74, 6) is 0.652. The van der Waals surface area contributed by atoms with Gasteiger partial charge in [-0.15, -0.1) is 11.3 Å². The third-order valence-corrected chi connectivity index (χ3v) is 15.1. The van der Waals surface area contributed by atoms with Crippen LogP contribution in [0.5, 0.6) is 0 Å². The van der Waals surface area contributed by atoms with E-state index in [1.807, 2.05) is 35.6 Å². The highest BCUT2D eigenvalue weighted by atomic mass is 32.1. The van der Waals surface area contributed by atoms with Crippen molar-refractivity contribution in [3.63, 3.8) is 0 Å². The molecule has 5 aromatic heterocycles. The zero-order chi connectivity index (χ0) is 45.9. The van der Waals surface area contributed by atoms with Crippen LogP contribution >= 0.6 is 11.3 Å². The average Bonchev–Trinajstić information content (AvgIpc) is 4.19. The Morgan fingerprint density at radius 3 is 1.76 bits per heavy atom. The van der Waals surface area contributed by atoms with E-state index in [0.717, 1.165) is 99.9 Å². The molecule has 0 spiro atoms. The lowest BCUT2D eigenvalue weighted by Crippen LogP contribution is -1.96. The lowest BCUT2D eigenvalue weighted by Gasteiger charge is -2.11. The molecule has 70 heavy (non-hydrogen) atoms. The molecule has 0 fully saturated rings. The number of hydrogen-bond donors (Lipinski definition) is 0. The van der Waals surface area contributed by atoms with Crippen molar-refractivity contribution in [1.29, 1.82) is 0 Å². The Morgan fingerprint density at radius 1 is 0.329 bits per heavy atom. The van der Waals surface area contributed by atoms with E-state index in [9.17, 15) is 0 Å². The van der Waals surface area contributed by atoms with Crippen LogP contribution in [0.1, 0.15) is 0 Å². The van der Waals surface area contributed by atoms with Crippen molar-refractivity contribution in [3.05, 3.63) is 224 Å². The molecule has 5 heterocycles. The molecule has 0 radical (unpaired) electrons. The molecule has 15 rings (SSSR count). The van der Waals surface area contributed by atoms with Crippen LogP contribution < -0.4 is 0 Å². The van der Waals surface area contributed by atoms with Crippen LogP contribution in [0.25, 0.3) is 148 Å². The van der Waals surface area contributed by atoms with E-state index in [4.69, 9.17) is 18.8 Å². The van der Waals surface area contributed by atoms with Gasteiger partial charge in [-0.3, -0.25) is 0 Å². The molecule has 0 unspecified atom stereocenters. The predicted molar refractivity (Wildman–Crippen MR) is 291 cm³/mol. The van der Waals surface area contributed by atoms with Crippen molar-refractivity contribution >= 4 is 97.2 Å². The van der Waals surface area contributed by atoms with E-state index in [1.54, 1.807) is 0 Å². The van der Waals surface area contributed by atoms with Gasteiger partial charge in [-0.25, -0.2) is 9.97 Å². The standard InChI is InChI=1S/C64H37N3O2S/c1-3-12-38(13-4-1)53-37-54(66-64(65-53)43-25-29-48-47-17-8-10-20-57(47)68-60(48)35-43)50-18-11-21-61-63(50)51-30-24-42(36-62(51)70-61)41-23-28-49-52-32-39(26-31-58(52)69-59(49)34-41)40-22-27-46-45-16-7-9-19-55(45)67(56(46)33-40)44-14-5-2-6-15-44/h1-37H. The van der Waals surface area contributed by atoms with Gasteiger partial charge in [-0.05, 0) is 107 Å². The third kappa shape index (κ3) is 6.10. The first-order valence-corrected chi connectivity index (χ1v) is 24.3. The van der Waals surface area contributed by atoms with Gasteiger partial charge in [-0.1, -0.05) is 140 Å². The fourth-order valence-corrected chi connectivity index (χ4v) is 11.9. The third-order valence-electron chi connectivity index (χ3n) is 14.0.